The lowest BCUT2D eigenvalue weighted by atomic mass is 9.86. The number of benzene rings is 6. The van der Waals surface area contributed by atoms with E-state index in [9.17, 15) is 0 Å². The molecule has 2 unspecified atom stereocenters. The first-order valence-electron chi connectivity index (χ1n) is 17.3. The van der Waals surface area contributed by atoms with Crippen molar-refractivity contribution >= 4 is 28.0 Å². The normalized spacial score (nSPS) is 17.1. The number of amidine groups is 1. The first kappa shape index (κ1) is 29.2. The number of hydrogen-bond acceptors (Lipinski definition) is 5. The van der Waals surface area contributed by atoms with Crippen molar-refractivity contribution in [3.05, 3.63) is 187 Å². The Labute approximate surface area is 296 Å². The zero-order valence-electron chi connectivity index (χ0n) is 27.6. The van der Waals surface area contributed by atoms with Crippen LogP contribution in [0.5, 0.6) is 0 Å². The second kappa shape index (κ2) is 12.0. The molecule has 2 atom stereocenters. The van der Waals surface area contributed by atoms with Crippen LogP contribution in [0.25, 0.3) is 55.8 Å². The topological polar surface area (TPSA) is 53.7 Å². The van der Waals surface area contributed by atoms with E-state index >= 15 is 0 Å². The van der Waals surface area contributed by atoms with Crippen molar-refractivity contribution in [2.75, 3.05) is 0 Å². The fraction of sp³-hybridized carbons (Fsp3) is 0.0435. The highest BCUT2D eigenvalue weighted by Gasteiger charge is 2.43. The summed E-state index contributed by atoms with van der Waals surface area (Å²) in [6.07, 6.45) is 8.33. The second-order valence-electron chi connectivity index (χ2n) is 13.0. The Morgan fingerprint density at radius 2 is 1.20 bits per heavy atom. The zero-order valence-corrected chi connectivity index (χ0v) is 27.6. The average Bonchev–Trinajstić information content (AvgIpc) is 3.61. The van der Waals surface area contributed by atoms with Gasteiger partial charge < -0.3 is 4.90 Å². The van der Waals surface area contributed by atoms with E-state index in [1.54, 1.807) is 0 Å². The summed E-state index contributed by atoms with van der Waals surface area (Å²) in [6, 6.07) is 52.7. The lowest BCUT2D eigenvalue weighted by Gasteiger charge is -2.33. The van der Waals surface area contributed by atoms with E-state index in [1.165, 1.54) is 0 Å². The number of aliphatic imine (C=N–C) groups is 2. The molecule has 51 heavy (non-hydrogen) atoms. The third-order valence-corrected chi connectivity index (χ3v) is 10.00. The third-order valence-electron chi connectivity index (χ3n) is 10.00. The predicted molar refractivity (Wildman–Crippen MR) is 208 cm³/mol. The van der Waals surface area contributed by atoms with E-state index in [1.807, 2.05) is 18.2 Å². The molecule has 0 saturated carbocycles. The molecule has 3 aliphatic rings. The molecule has 1 aromatic heterocycles. The van der Waals surface area contributed by atoms with Crippen LogP contribution >= 0.6 is 0 Å². The molecule has 7 aromatic rings. The van der Waals surface area contributed by atoms with Gasteiger partial charge in [0, 0.05) is 34.0 Å². The lowest BCUT2D eigenvalue weighted by molar-refractivity contribution is 0.473. The van der Waals surface area contributed by atoms with Crippen LogP contribution < -0.4 is 0 Å². The minimum Gasteiger partial charge on any atom is -0.322 e. The van der Waals surface area contributed by atoms with E-state index in [0.717, 1.165) is 78.3 Å². The Morgan fingerprint density at radius 3 is 2.00 bits per heavy atom. The molecule has 0 aliphatic carbocycles. The summed E-state index contributed by atoms with van der Waals surface area (Å²) in [5, 5.41) is 2.28. The van der Waals surface area contributed by atoms with Crippen molar-refractivity contribution in [3.8, 4) is 45.0 Å². The van der Waals surface area contributed by atoms with E-state index in [2.05, 4.69) is 163 Å². The van der Waals surface area contributed by atoms with Gasteiger partial charge in [-0.05, 0) is 46.2 Å². The summed E-state index contributed by atoms with van der Waals surface area (Å²) >= 11 is 0. The summed E-state index contributed by atoms with van der Waals surface area (Å²) in [5.74, 6) is 1.66. The maximum Gasteiger partial charge on any atom is 0.161 e. The highest BCUT2D eigenvalue weighted by molar-refractivity contribution is 6.13. The van der Waals surface area contributed by atoms with E-state index in [0.29, 0.717) is 5.82 Å². The highest BCUT2D eigenvalue weighted by atomic mass is 15.3. The Hall–Kier alpha value is -6.72. The molecular weight excluding hydrogens is 623 g/mol. The van der Waals surface area contributed by atoms with Crippen molar-refractivity contribution in [2.24, 2.45) is 9.98 Å². The zero-order chi connectivity index (χ0) is 33.7. The van der Waals surface area contributed by atoms with Crippen LogP contribution in [0.3, 0.4) is 0 Å². The molecule has 240 valence electrons. The van der Waals surface area contributed by atoms with E-state index in [-0.39, 0.29) is 12.1 Å². The summed E-state index contributed by atoms with van der Waals surface area (Å²) in [4.78, 5) is 23.6. The van der Waals surface area contributed by atoms with Crippen molar-refractivity contribution in [2.45, 2.75) is 12.1 Å². The monoisotopic (exact) mass is 653 g/mol. The number of nitrogens with zero attached hydrogens (tertiary/aromatic N) is 5. The van der Waals surface area contributed by atoms with Crippen LogP contribution in [0.2, 0.25) is 0 Å². The molecular formula is C46H31N5. The smallest absolute Gasteiger partial charge is 0.161 e. The van der Waals surface area contributed by atoms with Crippen LogP contribution in [-0.4, -0.2) is 32.5 Å². The molecule has 0 bridgehead atoms. The maximum absolute atomic E-state index is 5.42. The van der Waals surface area contributed by atoms with Gasteiger partial charge in [0.25, 0.3) is 0 Å². The van der Waals surface area contributed by atoms with Crippen LogP contribution in [0, 0.1) is 0 Å². The molecule has 4 heterocycles. The van der Waals surface area contributed by atoms with Crippen molar-refractivity contribution < 1.29 is 0 Å². The van der Waals surface area contributed by atoms with Crippen LogP contribution in [0.15, 0.2) is 186 Å². The summed E-state index contributed by atoms with van der Waals surface area (Å²) in [7, 11) is 0. The lowest BCUT2D eigenvalue weighted by Crippen LogP contribution is -2.41. The van der Waals surface area contributed by atoms with Gasteiger partial charge in [-0.3, -0.25) is 9.98 Å². The first-order chi connectivity index (χ1) is 25.3. The van der Waals surface area contributed by atoms with Gasteiger partial charge in [0.2, 0.25) is 0 Å². The molecule has 0 amide bonds. The number of para-hydroxylation sites is 1. The standard InChI is InChI=1S/C46H31N5/c1-3-16-31(17-4-1)41-40(42(32-18-5-2-6-19-32)50-46(49-41)36-25-14-20-30-15-7-8-23-35(30)36)33-21-13-22-34(29-33)43-45-44(37-24-9-10-26-38(37)47-43)48-39-27-11-12-28-51(39)45/h1-29,44-45H. The van der Waals surface area contributed by atoms with Gasteiger partial charge in [0.05, 0.1) is 22.8 Å². The van der Waals surface area contributed by atoms with Crippen LogP contribution in [0.4, 0.5) is 5.69 Å². The Morgan fingerprint density at radius 1 is 0.549 bits per heavy atom. The van der Waals surface area contributed by atoms with E-state index in [4.69, 9.17) is 20.0 Å². The molecule has 5 heteroatoms. The van der Waals surface area contributed by atoms with Crippen molar-refractivity contribution in [3.63, 3.8) is 0 Å². The number of fused-ring (bicyclic) bond motifs is 6. The minimum atomic E-state index is -0.0569. The SMILES string of the molecule is C1=CC2=NC3c4ccccc4N=C(c4cccc(-c5c(-c6ccccc6)nc(-c6cccc7ccccc67)nc5-c5ccccc5)c4)C3N2C=C1. The molecule has 5 nitrogen and oxygen atoms in total. The number of aromatic nitrogens is 2. The summed E-state index contributed by atoms with van der Waals surface area (Å²) in [6.45, 7) is 0. The fourth-order valence-electron chi connectivity index (χ4n) is 7.67. The Bertz CT molecular complexity index is 2540. The van der Waals surface area contributed by atoms with Crippen LogP contribution in [0.1, 0.15) is 17.2 Å². The second-order valence-corrected chi connectivity index (χ2v) is 13.0. The average molecular weight is 654 g/mol. The Balaban J connectivity index is 1.21. The minimum absolute atomic E-state index is 0.0529. The van der Waals surface area contributed by atoms with Crippen molar-refractivity contribution in [1.82, 2.24) is 14.9 Å². The number of rotatable bonds is 5. The van der Waals surface area contributed by atoms with Gasteiger partial charge >= 0.3 is 0 Å². The van der Waals surface area contributed by atoms with Gasteiger partial charge in [-0.25, -0.2) is 9.97 Å². The van der Waals surface area contributed by atoms with Gasteiger partial charge in [-0.1, -0.05) is 146 Å². The quantitative estimate of drug-likeness (QED) is 0.186. The largest absolute Gasteiger partial charge is 0.322 e. The molecule has 0 spiro atoms. The molecule has 6 aromatic carbocycles. The van der Waals surface area contributed by atoms with Crippen molar-refractivity contribution in [1.29, 1.82) is 0 Å². The Kier molecular flexibility index (Phi) is 6.88. The number of allylic oxidation sites excluding steroid dienone is 2. The highest BCUT2D eigenvalue weighted by Crippen LogP contribution is 2.45. The first-order valence-corrected chi connectivity index (χ1v) is 17.3. The maximum atomic E-state index is 5.42. The molecule has 10 rings (SSSR count). The summed E-state index contributed by atoms with van der Waals surface area (Å²) < 4.78 is 0. The van der Waals surface area contributed by atoms with Gasteiger partial charge in [0.15, 0.2) is 5.82 Å². The molecule has 0 fully saturated rings. The van der Waals surface area contributed by atoms with E-state index < -0.39 is 0 Å². The molecule has 0 N–H and O–H groups in total. The van der Waals surface area contributed by atoms with Gasteiger partial charge in [-0.2, -0.15) is 0 Å². The van der Waals surface area contributed by atoms with Gasteiger partial charge in [0.1, 0.15) is 17.9 Å². The summed E-state index contributed by atoms with van der Waals surface area (Å²) in [5.41, 5.74) is 11.0. The van der Waals surface area contributed by atoms with Gasteiger partial charge in [-0.15, -0.1) is 0 Å². The molecule has 0 saturated heterocycles. The molecule has 3 aliphatic heterocycles. The number of hydrogen-bond donors (Lipinski definition) is 0. The predicted octanol–water partition coefficient (Wildman–Crippen LogP) is 10.6. The fourth-order valence-corrected chi connectivity index (χ4v) is 7.67. The van der Waals surface area contributed by atoms with Crippen LogP contribution in [-0.2, 0) is 0 Å². The third kappa shape index (κ3) is 4.93. The molecule has 0 radical (unpaired) electrons.